The minimum absolute atomic E-state index is 0.314. The first-order valence-corrected chi connectivity index (χ1v) is 7.74. The molecule has 1 N–H and O–H groups in total. The molecule has 0 spiro atoms. The molecule has 0 aromatic rings. The van der Waals surface area contributed by atoms with Gasteiger partial charge in [-0.15, -0.1) is 0 Å². The third kappa shape index (κ3) is 5.54. The van der Waals surface area contributed by atoms with Crippen molar-refractivity contribution in [2.45, 2.75) is 37.4 Å². The highest BCUT2D eigenvalue weighted by Gasteiger charge is 2.45. The number of carbonyl (C=O) groups is 2. The zero-order valence-corrected chi connectivity index (χ0v) is 11.9. The second-order valence-electron chi connectivity index (χ2n) is 4.72. The molecule has 0 saturated heterocycles. The number of ether oxygens (including phenoxy) is 2. The van der Waals surface area contributed by atoms with Crippen molar-refractivity contribution >= 4 is 22.1 Å². The molecule has 1 aliphatic carbocycles. The second kappa shape index (κ2) is 7.12. The van der Waals surface area contributed by atoms with Crippen LogP contribution in [-0.4, -0.2) is 43.4 Å². The first kappa shape index (κ1) is 17.8. The maximum absolute atomic E-state index is 12.8. The van der Waals surface area contributed by atoms with E-state index in [2.05, 4.69) is 9.47 Å². The van der Waals surface area contributed by atoms with Crippen LogP contribution in [0.15, 0.2) is 0 Å². The number of hydrogen-bond donors (Lipinski definition) is 1. The van der Waals surface area contributed by atoms with Crippen molar-refractivity contribution in [3.63, 3.8) is 0 Å². The molecule has 0 unspecified atom stereocenters. The summed E-state index contributed by atoms with van der Waals surface area (Å²) >= 11 is 0. The minimum Gasteiger partial charge on any atom is -0.455 e. The minimum atomic E-state index is -5.66. The molecule has 122 valence electrons. The molecular weight excluding hydrogens is 314 g/mol. The molecule has 0 atom stereocenters. The van der Waals surface area contributed by atoms with E-state index in [1.165, 1.54) is 0 Å². The lowest BCUT2D eigenvalue weighted by Gasteiger charge is -2.19. The van der Waals surface area contributed by atoms with E-state index in [0.717, 1.165) is 19.3 Å². The summed E-state index contributed by atoms with van der Waals surface area (Å²) in [5.74, 6) is -2.23. The average Bonchev–Trinajstić information content (AvgIpc) is 2.42. The van der Waals surface area contributed by atoms with Gasteiger partial charge in [0.15, 0.2) is 13.2 Å². The van der Waals surface area contributed by atoms with E-state index in [0.29, 0.717) is 12.8 Å². The van der Waals surface area contributed by atoms with Crippen LogP contribution in [0, 0.1) is 5.92 Å². The predicted octanol–water partition coefficient (Wildman–Crippen LogP) is 1.13. The lowest BCUT2D eigenvalue weighted by atomic mass is 9.89. The number of hydrogen-bond acceptors (Lipinski definition) is 6. The van der Waals surface area contributed by atoms with Crippen LogP contribution in [0.1, 0.15) is 32.1 Å². The van der Waals surface area contributed by atoms with E-state index < -0.39 is 40.5 Å². The van der Waals surface area contributed by atoms with Gasteiger partial charge in [-0.2, -0.15) is 17.2 Å². The van der Waals surface area contributed by atoms with Crippen molar-refractivity contribution < 1.29 is 40.8 Å². The van der Waals surface area contributed by atoms with Gasteiger partial charge in [0, 0.05) is 0 Å². The van der Waals surface area contributed by atoms with Gasteiger partial charge in [-0.1, -0.05) is 19.3 Å². The smallest absolute Gasteiger partial charge is 0.402 e. The van der Waals surface area contributed by atoms with E-state index in [1.807, 2.05) is 0 Å². The van der Waals surface area contributed by atoms with E-state index in [4.69, 9.17) is 4.55 Å². The van der Waals surface area contributed by atoms with Crippen molar-refractivity contribution in [1.29, 1.82) is 0 Å². The summed E-state index contributed by atoms with van der Waals surface area (Å²) in [6.45, 7) is -2.72. The Balaban J connectivity index is 2.32. The SMILES string of the molecule is O=C(COC(=O)C1CCCCC1)OCC(F)(F)S(=O)(=O)O. The molecule has 1 rings (SSSR count). The highest BCUT2D eigenvalue weighted by atomic mass is 32.2. The van der Waals surface area contributed by atoms with Crippen LogP contribution in [0.4, 0.5) is 8.78 Å². The Labute approximate surface area is 120 Å². The summed E-state index contributed by atoms with van der Waals surface area (Å²) in [6, 6.07) is 0. The quantitative estimate of drug-likeness (QED) is 0.574. The maximum Gasteiger partial charge on any atom is 0.402 e. The summed E-state index contributed by atoms with van der Waals surface area (Å²) in [4.78, 5) is 22.6. The molecule has 1 fully saturated rings. The number of rotatable bonds is 6. The number of alkyl halides is 2. The molecule has 0 aliphatic heterocycles. The van der Waals surface area contributed by atoms with Gasteiger partial charge in [-0.05, 0) is 12.8 Å². The standard InChI is InChI=1S/C11H16F2O7S/c12-11(13,21(16,17)18)7-20-9(14)6-19-10(15)8-4-2-1-3-5-8/h8H,1-7H2,(H,16,17,18). The molecule has 1 aliphatic rings. The molecule has 0 bridgehead atoms. The van der Waals surface area contributed by atoms with Crippen molar-refractivity contribution in [2.24, 2.45) is 5.92 Å². The van der Waals surface area contributed by atoms with Crippen LogP contribution in [-0.2, 0) is 29.2 Å². The van der Waals surface area contributed by atoms with Crippen LogP contribution >= 0.6 is 0 Å². The summed E-state index contributed by atoms with van der Waals surface area (Å²) in [6.07, 6.45) is 4.08. The molecule has 21 heavy (non-hydrogen) atoms. The first-order valence-electron chi connectivity index (χ1n) is 6.30. The summed E-state index contributed by atoms with van der Waals surface area (Å²) in [7, 11) is -5.66. The van der Waals surface area contributed by atoms with Gasteiger partial charge in [0.25, 0.3) is 0 Å². The number of halogens is 2. The monoisotopic (exact) mass is 330 g/mol. The van der Waals surface area contributed by atoms with E-state index in [1.54, 1.807) is 0 Å². The van der Waals surface area contributed by atoms with Crippen molar-refractivity contribution in [1.82, 2.24) is 0 Å². The Morgan fingerprint density at radius 1 is 1.14 bits per heavy atom. The largest absolute Gasteiger partial charge is 0.455 e. The fraction of sp³-hybridized carbons (Fsp3) is 0.818. The van der Waals surface area contributed by atoms with E-state index >= 15 is 0 Å². The lowest BCUT2D eigenvalue weighted by molar-refractivity contribution is -0.165. The van der Waals surface area contributed by atoms with Gasteiger partial charge >= 0.3 is 27.3 Å². The third-order valence-electron chi connectivity index (χ3n) is 3.05. The Hall–Kier alpha value is -1.29. The van der Waals surface area contributed by atoms with Crippen LogP contribution in [0.3, 0.4) is 0 Å². The van der Waals surface area contributed by atoms with Gasteiger partial charge < -0.3 is 9.47 Å². The molecule has 7 nitrogen and oxygen atoms in total. The Bertz CT molecular complexity index is 483. The van der Waals surface area contributed by atoms with Crippen molar-refractivity contribution in [2.75, 3.05) is 13.2 Å². The zero-order valence-electron chi connectivity index (χ0n) is 11.1. The normalized spacial score (nSPS) is 17.3. The fourth-order valence-electron chi connectivity index (χ4n) is 1.87. The molecule has 10 heteroatoms. The van der Waals surface area contributed by atoms with Crippen LogP contribution < -0.4 is 0 Å². The van der Waals surface area contributed by atoms with Crippen LogP contribution in [0.5, 0.6) is 0 Å². The number of esters is 2. The van der Waals surface area contributed by atoms with Gasteiger partial charge in [0.05, 0.1) is 5.92 Å². The van der Waals surface area contributed by atoms with E-state index in [-0.39, 0.29) is 5.92 Å². The average molecular weight is 330 g/mol. The van der Waals surface area contributed by atoms with Crippen molar-refractivity contribution in [3.8, 4) is 0 Å². The van der Waals surface area contributed by atoms with Gasteiger partial charge in [0.1, 0.15) is 0 Å². The molecule has 0 heterocycles. The zero-order chi connectivity index (χ0) is 16.1. The van der Waals surface area contributed by atoms with Crippen LogP contribution in [0.2, 0.25) is 0 Å². The molecule has 0 radical (unpaired) electrons. The number of carbonyl (C=O) groups excluding carboxylic acids is 2. The topological polar surface area (TPSA) is 107 Å². The Morgan fingerprint density at radius 3 is 2.24 bits per heavy atom. The van der Waals surface area contributed by atoms with E-state index in [9.17, 15) is 26.8 Å². The maximum atomic E-state index is 12.8. The fourth-order valence-corrected chi connectivity index (χ4v) is 2.07. The summed E-state index contributed by atoms with van der Waals surface area (Å²) in [5, 5.41) is -4.60. The lowest BCUT2D eigenvalue weighted by Crippen LogP contribution is -2.35. The molecule has 0 amide bonds. The van der Waals surface area contributed by atoms with Crippen LogP contribution in [0.25, 0.3) is 0 Å². The molecule has 0 aromatic heterocycles. The molecular formula is C11H16F2O7S. The van der Waals surface area contributed by atoms with Gasteiger partial charge in [-0.25, -0.2) is 4.79 Å². The predicted molar refractivity (Wildman–Crippen MR) is 65.0 cm³/mol. The van der Waals surface area contributed by atoms with Crippen molar-refractivity contribution in [3.05, 3.63) is 0 Å². The highest BCUT2D eigenvalue weighted by molar-refractivity contribution is 7.86. The molecule has 1 saturated carbocycles. The summed E-state index contributed by atoms with van der Waals surface area (Å²) in [5.41, 5.74) is 0. The van der Waals surface area contributed by atoms with Gasteiger partial charge in [0.2, 0.25) is 0 Å². The van der Waals surface area contributed by atoms with Gasteiger partial charge in [-0.3, -0.25) is 9.35 Å². The highest BCUT2D eigenvalue weighted by Crippen LogP contribution is 2.24. The first-order chi connectivity index (χ1) is 9.63. The summed E-state index contributed by atoms with van der Waals surface area (Å²) < 4.78 is 62.8. The Morgan fingerprint density at radius 2 is 1.71 bits per heavy atom. The third-order valence-corrected chi connectivity index (χ3v) is 3.92. The molecule has 0 aromatic carbocycles. The second-order valence-corrected chi connectivity index (χ2v) is 6.26. The Kier molecular flexibility index (Phi) is 6.02.